The van der Waals surface area contributed by atoms with Crippen LogP contribution in [-0.2, 0) is 0 Å². The lowest BCUT2D eigenvalue weighted by molar-refractivity contribution is 1.19. The molecule has 1 aromatic heterocycles. The first kappa shape index (κ1) is 19.3. The van der Waals surface area contributed by atoms with Gasteiger partial charge in [0, 0.05) is 21.8 Å². The first-order valence-corrected chi connectivity index (χ1v) is 12.9. The van der Waals surface area contributed by atoms with Crippen molar-refractivity contribution in [2.24, 2.45) is 0 Å². The van der Waals surface area contributed by atoms with Gasteiger partial charge in [-0.1, -0.05) is 109 Å². The molecule has 170 valence electrons. The molecule has 0 radical (unpaired) electrons. The molecule has 37 heavy (non-hydrogen) atoms. The quantitative estimate of drug-likeness (QED) is 0.212. The van der Waals surface area contributed by atoms with Crippen molar-refractivity contribution in [2.75, 3.05) is 0 Å². The summed E-state index contributed by atoms with van der Waals surface area (Å²) in [6.07, 6.45) is 0. The summed E-state index contributed by atoms with van der Waals surface area (Å²) >= 11 is 0. The van der Waals surface area contributed by atoms with Crippen LogP contribution in [0, 0.1) is 0 Å². The SMILES string of the molecule is c1cc2c3c(cccc3c1)-c1cc(-n3c4ccccc4c4c5ccccc5c5ccccc5c43)ccc1-2. The van der Waals surface area contributed by atoms with Crippen molar-refractivity contribution in [3.63, 3.8) is 0 Å². The maximum absolute atomic E-state index is 2.49. The second-order valence-electron chi connectivity index (χ2n) is 10.1. The average Bonchev–Trinajstić information content (AvgIpc) is 3.48. The summed E-state index contributed by atoms with van der Waals surface area (Å²) in [4.78, 5) is 0. The zero-order chi connectivity index (χ0) is 24.1. The summed E-state index contributed by atoms with van der Waals surface area (Å²) in [5.41, 5.74) is 9.05. The Morgan fingerprint density at radius 3 is 1.78 bits per heavy atom. The van der Waals surface area contributed by atoms with Crippen LogP contribution in [0.4, 0.5) is 0 Å². The first-order valence-electron chi connectivity index (χ1n) is 12.9. The predicted octanol–water partition coefficient (Wildman–Crippen LogP) is 9.89. The molecule has 0 N–H and O–H groups in total. The predicted molar refractivity (Wildman–Crippen MR) is 158 cm³/mol. The summed E-state index contributed by atoms with van der Waals surface area (Å²) in [7, 11) is 0. The third-order valence-electron chi connectivity index (χ3n) is 8.29. The van der Waals surface area contributed by atoms with Gasteiger partial charge in [-0.15, -0.1) is 0 Å². The molecule has 0 fully saturated rings. The number of benzene rings is 7. The number of hydrogen-bond donors (Lipinski definition) is 0. The van der Waals surface area contributed by atoms with Crippen LogP contribution in [0.2, 0.25) is 0 Å². The van der Waals surface area contributed by atoms with Gasteiger partial charge in [-0.05, 0) is 67.4 Å². The molecule has 9 rings (SSSR count). The summed E-state index contributed by atoms with van der Waals surface area (Å²) in [5, 5.41) is 10.5. The number of para-hydroxylation sites is 1. The average molecular weight is 468 g/mol. The maximum Gasteiger partial charge on any atom is 0.0625 e. The molecule has 1 aliphatic rings. The molecule has 1 nitrogen and oxygen atoms in total. The largest absolute Gasteiger partial charge is 0.309 e. The van der Waals surface area contributed by atoms with Gasteiger partial charge in [0.25, 0.3) is 0 Å². The molecule has 7 aromatic carbocycles. The van der Waals surface area contributed by atoms with E-state index in [0.29, 0.717) is 0 Å². The van der Waals surface area contributed by atoms with E-state index < -0.39 is 0 Å². The molecule has 0 aliphatic heterocycles. The van der Waals surface area contributed by atoms with Crippen molar-refractivity contribution < 1.29 is 0 Å². The van der Waals surface area contributed by atoms with E-state index in [9.17, 15) is 0 Å². The molecule has 0 saturated heterocycles. The third-order valence-corrected chi connectivity index (χ3v) is 8.29. The van der Waals surface area contributed by atoms with E-state index in [4.69, 9.17) is 0 Å². The van der Waals surface area contributed by atoms with Gasteiger partial charge in [0.15, 0.2) is 0 Å². The lowest BCUT2D eigenvalue weighted by Crippen LogP contribution is -1.95. The van der Waals surface area contributed by atoms with E-state index in [2.05, 4.69) is 132 Å². The first-order chi connectivity index (χ1) is 18.4. The van der Waals surface area contributed by atoms with Gasteiger partial charge >= 0.3 is 0 Å². The summed E-state index contributed by atoms with van der Waals surface area (Å²) in [6, 6.07) is 46.9. The molecule has 1 heterocycles. The van der Waals surface area contributed by atoms with E-state index in [1.54, 1.807) is 0 Å². The van der Waals surface area contributed by atoms with Crippen molar-refractivity contribution in [1.82, 2.24) is 4.57 Å². The summed E-state index contributed by atoms with van der Waals surface area (Å²) in [5.74, 6) is 0. The summed E-state index contributed by atoms with van der Waals surface area (Å²) in [6.45, 7) is 0. The molecule has 0 amide bonds. The lowest BCUT2D eigenvalue weighted by atomic mass is 9.97. The Balaban J connectivity index is 1.47. The molecular weight excluding hydrogens is 446 g/mol. The number of rotatable bonds is 1. The molecular formula is C36H21N. The van der Waals surface area contributed by atoms with Crippen LogP contribution in [0.1, 0.15) is 0 Å². The molecule has 8 aromatic rings. The van der Waals surface area contributed by atoms with Gasteiger partial charge in [-0.3, -0.25) is 0 Å². The fourth-order valence-corrected chi connectivity index (χ4v) is 6.82. The van der Waals surface area contributed by atoms with E-state index >= 15 is 0 Å². The lowest BCUT2D eigenvalue weighted by Gasteiger charge is -2.13. The Hall–Kier alpha value is -4.88. The normalized spacial score (nSPS) is 12.3. The molecule has 0 saturated carbocycles. The zero-order valence-corrected chi connectivity index (χ0v) is 20.1. The van der Waals surface area contributed by atoms with E-state index in [1.165, 1.54) is 82.1 Å². The van der Waals surface area contributed by atoms with Crippen molar-refractivity contribution in [3.8, 4) is 27.9 Å². The van der Waals surface area contributed by atoms with Crippen LogP contribution in [0.25, 0.3) is 82.1 Å². The highest BCUT2D eigenvalue weighted by Crippen LogP contribution is 2.49. The van der Waals surface area contributed by atoms with E-state index in [1.807, 2.05) is 0 Å². The third kappa shape index (κ3) is 2.39. The Morgan fingerprint density at radius 1 is 0.378 bits per heavy atom. The smallest absolute Gasteiger partial charge is 0.0625 e. The highest BCUT2D eigenvalue weighted by molar-refractivity contribution is 6.32. The van der Waals surface area contributed by atoms with Gasteiger partial charge in [-0.25, -0.2) is 0 Å². The van der Waals surface area contributed by atoms with Crippen LogP contribution in [0.15, 0.2) is 127 Å². The highest BCUT2D eigenvalue weighted by atomic mass is 15.0. The second kappa shape index (κ2) is 6.87. The van der Waals surface area contributed by atoms with Gasteiger partial charge in [0.2, 0.25) is 0 Å². The van der Waals surface area contributed by atoms with Gasteiger partial charge in [-0.2, -0.15) is 0 Å². The standard InChI is InChI=1S/C36H21N/c1-3-13-28-24(11-1)25-12-2-4-14-30(25)36-35(28)31-15-5-6-18-33(31)37(36)23-19-20-26-27-16-7-9-22-10-8-17-29(34(22)27)32(26)21-23/h1-21H. The maximum atomic E-state index is 2.49. The Morgan fingerprint density at radius 2 is 1.00 bits per heavy atom. The molecule has 1 heteroatoms. The minimum Gasteiger partial charge on any atom is -0.309 e. The second-order valence-corrected chi connectivity index (χ2v) is 10.1. The van der Waals surface area contributed by atoms with Crippen molar-refractivity contribution in [2.45, 2.75) is 0 Å². The van der Waals surface area contributed by atoms with Gasteiger partial charge in [0.05, 0.1) is 11.0 Å². The topological polar surface area (TPSA) is 4.93 Å². The van der Waals surface area contributed by atoms with Crippen LogP contribution >= 0.6 is 0 Å². The summed E-state index contributed by atoms with van der Waals surface area (Å²) < 4.78 is 2.49. The van der Waals surface area contributed by atoms with Gasteiger partial charge < -0.3 is 4.57 Å². The van der Waals surface area contributed by atoms with Crippen LogP contribution in [0.5, 0.6) is 0 Å². The van der Waals surface area contributed by atoms with E-state index in [-0.39, 0.29) is 0 Å². The molecule has 0 spiro atoms. The molecule has 0 bridgehead atoms. The molecule has 0 unspecified atom stereocenters. The minimum absolute atomic E-state index is 1.20. The Kier molecular flexibility index (Phi) is 3.59. The van der Waals surface area contributed by atoms with Crippen LogP contribution < -0.4 is 0 Å². The fourth-order valence-electron chi connectivity index (χ4n) is 6.82. The van der Waals surface area contributed by atoms with Crippen molar-refractivity contribution >= 4 is 54.1 Å². The van der Waals surface area contributed by atoms with E-state index in [0.717, 1.165) is 0 Å². The Labute approximate surface area is 213 Å². The van der Waals surface area contributed by atoms with Crippen molar-refractivity contribution in [1.29, 1.82) is 0 Å². The minimum atomic E-state index is 1.20. The van der Waals surface area contributed by atoms with Crippen molar-refractivity contribution in [3.05, 3.63) is 127 Å². The fraction of sp³-hybridized carbons (Fsp3) is 0. The van der Waals surface area contributed by atoms with Gasteiger partial charge in [0.1, 0.15) is 0 Å². The number of aromatic nitrogens is 1. The number of fused-ring (bicyclic) bond motifs is 11. The zero-order valence-electron chi connectivity index (χ0n) is 20.1. The number of nitrogens with zero attached hydrogens (tertiary/aromatic N) is 1. The molecule has 1 aliphatic carbocycles. The highest BCUT2D eigenvalue weighted by Gasteiger charge is 2.23. The van der Waals surface area contributed by atoms with Crippen LogP contribution in [0.3, 0.4) is 0 Å². The monoisotopic (exact) mass is 467 g/mol. The number of hydrogen-bond acceptors (Lipinski definition) is 0. The van der Waals surface area contributed by atoms with Crippen LogP contribution in [-0.4, -0.2) is 4.57 Å². The Bertz CT molecular complexity index is 2240. The molecule has 0 atom stereocenters.